The molecule has 2 amide bonds. The second-order valence-electron chi connectivity index (χ2n) is 7.56. The van der Waals surface area contributed by atoms with Crippen LogP contribution in [0.3, 0.4) is 0 Å². The average molecular weight is 403 g/mol. The van der Waals surface area contributed by atoms with Crippen molar-refractivity contribution in [3.8, 4) is 0 Å². The van der Waals surface area contributed by atoms with Gasteiger partial charge in [-0.05, 0) is 42.5 Å². The second kappa shape index (κ2) is 8.28. The van der Waals surface area contributed by atoms with Gasteiger partial charge in [0.15, 0.2) is 5.69 Å². The molecule has 1 aromatic heterocycles. The zero-order chi connectivity index (χ0) is 20.4. The number of aromatic nitrogens is 2. The summed E-state index contributed by atoms with van der Waals surface area (Å²) in [4.78, 5) is 24.4. The molecular weight excluding hydrogens is 380 g/mol. The van der Waals surface area contributed by atoms with Crippen LogP contribution in [0.1, 0.15) is 47.8 Å². The van der Waals surface area contributed by atoms with E-state index in [0.717, 1.165) is 35.9 Å². The summed E-state index contributed by atoms with van der Waals surface area (Å²) in [7, 11) is 0. The summed E-state index contributed by atoms with van der Waals surface area (Å²) < 4.78 is 25.9. The van der Waals surface area contributed by atoms with E-state index in [1.54, 1.807) is 12.1 Å². The molecule has 154 valence electrons. The summed E-state index contributed by atoms with van der Waals surface area (Å²) in [5, 5.41) is 6.59. The van der Waals surface area contributed by atoms with Crippen LogP contribution >= 0.6 is 0 Å². The van der Waals surface area contributed by atoms with E-state index in [1.807, 2.05) is 12.1 Å². The summed E-state index contributed by atoms with van der Waals surface area (Å²) in [6, 6.07) is 8.87. The number of hydrogen-bond donors (Lipinski definition) is 3. The first kappa shape index (κ1) is 19.5. The molecule has 9 heteroatoms. The molecule has 2 heterocycles. The highest BCUT2D eigenvalue weighted by atomic mass is 19.3. The van der Waals surface area contributed by atoms with Gasteiger partial charge in [-0.1, -0.05) is 25.0 Å². The second-order valence-corrected chi connectivity index (χ2v) is 7.56. The summed E-state index contributed by atoms with van der Waals surface area (Å²) in [6.45, 7) is -0.547. The fourth-order valence-corrected chi connectivity index (χ4v) is 4.26. The van der Waals surface area contributed by atoms with Gasteiger partial charge in [-0.25, -0.2) is 14.2 Å². The number of fused-ring (bicyclic) bond motifs is 1. The van der Waals surface area contributed by atoms with Crippen LogP contribution in [-0.2, 0) is 11.3 Å². The Morgan fingerprint density at radius 3 is 2.72 bits per heavy atom. The summed E-state index contributed by atoms with van der Waals surface area (Å²) in [5.74, 6) is -0.0863. The lowest BCUT2D eigenvalue weighted by molar-refractivity contribution is -0.133. The average Bonchev–Trinajstić information content (AvgIpc) is 3.17. The van der Waals surface area contributed by atoms with Crippen LogP contribution in [0, 0.1) is 11.8 Å². The molecule has 1 saturated heterocycles. The molecule has 1 aliphatic carbocycles. The van der Waals surface area contributed by atoms with Crippen molar-refractivity contribution < 1.29 is 18.4 Å². The molecule has 1 aromatic carbocycles. The van der Waals surface area contributed by atoms with Crippen LogP contribution in [0.4, 0.5) is 14.5 Å². The molecule has 29 heavy (non-hydrogen) atoms. The molecule has 2 aliphatic rings. The Bertz CT molecular complexity index is 883. The van der Waals surface area contributed by atoms with E-state index in [9.17, 15) is 18.4 Å². The Balaban J connectivity index is 1.42. The number of alkyl halides is 2. The molecule has 3 atom stereocenters. The van der Waals surface area contributed by atoms with Crippen molar-refractivity contribution in [2.24, 2.45) is 11.8 Å². The topological polar surface area (TPSA) is 88.0 Å². The predicted molar refractivity (Wildman–Crippen MR) is 102 cm³/mol. The minimum atomic E-state index is -2.53. The van der Waals surface area contributed by atoms with Gasteiger partial charge in [0.25, 0.3) is 12.3 Å². The maximum atomic E-state index is 12.4. The van der Waals surface area contributed by atoms with Crippen LogP contribution in [0.15, 0.2) is 36.5 Å². The first-order valence-corrected chi connectivity index (χ1v) is 9.79. The third kappa shape index (κ3) is 4.29. The van der Waals surface area contributed by atoms with Gasteiger partial charge >= 0.3 is 0 Å². The van der Waals surface area contributed by atoms with E-state index < -0.39 is 18.9 Å². The lowest BCUT2D eigenvalue weighted by Gasteiger charge is -2.41. The van der Waals surface area contributed by atoms with Gasteiger partial charge in [-0.15, -0.1) is 0 Å². The van der Waals surface area contributed by atoms with Gasteiger partial charge in [0.1, 0.15) is 6.54 Å². The molecule has 0 spiro atoms. The number of carbonyl (C=O) groups is 2. The molecule has 1 saturated carbocycles. The lowest BCUT2D eigenvalue weighted by atomic mass is 9.72. The van der Waals surface area contributed by atoms with Gasteiger partial charge in [0, 0.05) is 17.8 Å². The number of halogens is 2. The number of benzene rings is 1. The third-order valence-electron chi connectivity index (χ3n) is 5.66. The lowest BCUT2D eigenvalue weighted by Crippen LogP contribution is -2.55. The zero-order valence-electron chi connectivity index (χ0n) is 15.8. The standard InChI is InChI=1S/C20H23F2N5O2/c21-17(22)11-27-10-9-16(26-27)20(29)23-13-7-5-12(6-8-13)18-14-3-1-2-4-15(14)19(28)25-24-18/h5-10,14-15,17-18,24H,1-4,11H2,(H,23,29)(H,25,28). The third-order valence-corrected chi connectivity index (χ3v) is 5.66. The molecule has 3 N–H and O–H groups in total. The van der Waals surface area contributed by atoms with Gasteiger partial charge in [0.2, 0.25) is 5.91 Å². The van der Waals surface area contributed by atoms with Gasteiger partial charge < -0.3 is 5.32 Å². The summed E-state index contributed by atoms with van der Waals surface area (Å²) in [5.41, 5.74) is 7.63. The number of anilines is 1. The van der Waals surface area contributed by atoms with Crippen molar-refractivity contribution in [1.82, 2.24) is 20.6 Å². The smallest absolute Gasteiger partial charge is 0.276 e. The number of nitrogens with one attached hydrogen (secondary N) is 3. The van der Waals surface area contributed by atoms with Crippen LogP contribution in [-0.4, -0.2) is 28.0 Å². The predicted octanol–water partition coefficient (Wildman–Crippen LogP) is 2.88. The van der Waals surface area contributed by atoms with E-state index in [4.69, 9.17) is 0 Å². The van der Waals surface area contributed by atoms with Crippen molar-refractivity contribution in [1.29, 1.82) is 0 Å². The first-order valence-electron chi connectivity index (χ1n) is 9.79. The first-order chi connectivity index (χ1) is 14.0. The van der Waals surface area contributed by atoms with Crippen molar-refractivity contribution >= 4 is 17.5 Å². The van der Waals surface area contributed by atoms with Crippen molar-refractivity contribution in [3.63, 3.8) is 0 Å². The minimum Gasteiger partial charge on any atom is -0.321 e. The van der Waals surface area contributed by atoms with Gasteiger partial charge in [0.05, 0.1) is 6.04 Å². The van der Waals surface area contributed by atoms with E-state index >= 15 is 0 Å². The molecule has 0 bridgehead atoms. The summed E-state index contributed by atoms with van der Waals surface area (Å²) in [6.07, 6.45) is 2.96. The van der Waals surface area contributed by atoms with Crippen molar-refractivity contribution in [3.05, 3.63) is 47.8 Å². The molecule has 2 aromatic rings. The Morgan fingerprint density at radius 2 is 1.97 bits per heavy atom. The fourth-order valence-electron chi connectivity index (χ4n) is 4.26. The Morgan fingerprint density at radius 1 is 1.21 bits per heavy atom. The quantitative estimate of drug-likeness (QED) is 0.716. The van der Waals surface area contributed by atoms with Crippen LogP contribution in [0.5, 0.6) is 0 Å². The Kier molecular flexibility index (Phi) is 5.57. The highest BCUT2D eigenvalue weighted by molar-refractivity contribution is 6.02. The number of carbonyl (C=O) groups excluding carboxylic acids is 2. The Labute approximate surface area is 166 Å². The zero-order valence-corrected chi connectivity index (χ0v) is 15.8. The molecular formula is C20H23F2N5O2. The van der Waals surface area contributed by atoms with Gasteiger partial charge in [-0.3, -0.25) is 19.7 Å². The molecule has 1 aliphatic heterocycles. The molecule has 2 fully saturated rings. The van der Waals surface area contributed by atoms with Crippen LogP contribution in [0.2, 0.25) is 0 Å². The fraction of sp³-hybridized carbons (Fsp3) is 0.450. The van der Waals surface area contributed by atoms with E-state index in [1.165, 1.54) is 12.3 Å². The highest BCUT2D eigenvalue weighted by Gasteiger charge is 2.40. The minimum absolute atomic E-state index is 0.0350. The molecule has 4 rings (SSSR count). The van der Waals surface area contributed by atoms with Crippen LogP contribution < -0.4 is 16.2 Å². The molecule has 7 nitrogen and oxygen atoms in total. The van der Waals surface area contributed by atoms with E-state index in [2.05, 4.69) is 21.3 Å². The van der Waals surface area contributed by atoms with E-state index in [-0.39, 0.29) is 29.5 Å². The maximum absolute atomic E-state index is 12.4. The molecule has 3 unspecified atom stereocenters. The number of amides is 2. The summed E-state index contributed by atoms with van der Waals surface area (Å²) >= 11 is 0. The van der Waals surface area contributed by atoms with Gasteiger partial charge in [-0.2, -0.15) is 5.10 Å². The van der Waals surface area contributed by atoms with E-state index in [0.29, 0.717) is 5.69 Å². The van der Waals surface area contributed by atoms with Crippen molar-refractivity contribution in [2.45, 2.75) is 44.7 Å². The largest absolute Gasteiger partial charge is 0.321 e. The number of nitrogens with zero attached hydrogens (tertiary/aromatic N) is 2. The number of hydrazine groups is 1. The normalized spacial score (nSPS) is 24.1. The number of rotatable bonds is 5. The maximum Gasteiger partial charge on any atom is 0.276 e. The SMILES string of the molecule is O=C(Nc1ccc(C2NNC(=O)C3CCCCC32)cc1)c1ccn(CC(F)F)n1. The highest BCUT2D eigenvalue weighted by Crippen LogP contribution is 2.40. The van der Waals surface area contributed by atoms with Crippen molar-refractivity contribution in [2.75, 3.05) is 5.32 Å². The molecule has 0 radical (unpaired) electrons. The monoisotopic (exact) mass is 403 g/mol. The number of hydrogen-bond acceptors (Lipinski definition) is 4. The Hall–Kier alpha value is -2.81. The van der Waals surface area contributed by atoms with Crippen LogP contribution in [0.25, 0.3) is 0 Å².